The normalized spacial score (nSPS) is 14.6. The molecule has 10 heteroatoms. The summed E-state index contributed by atoms with van der Waals surface area (Å²) >= 11 is 0. The zero-order chi connectivity index (χ0) is 29.9. The highest BCUT2D eigenvalue weighted by molar-refractivity contribution is 5.94. The molecule has 5 N–H and O–H groups in total. The summed E-state index contributed by atoms with van der Waals surface area (Å²) in [7, 11) is 0. The van der Waals surface area contributed by atoms with Crippen LogP contribution in [0.15, 0.2) is 84.9 Å². The van der Waals surface area contributed by atoms with Gasteiger partial charge in [0.2, 0.25) is 17.7 Å². The van der Waals surface area contributed by atoms with Gasteiger partial charge in [-0.3, -0.25) is 24.4 Å². The van der Waals surface area contributed by atoms with Gasteiger partial charge in [-0.25, -0.2) is 5.48 Å². The fourth-order valence-corrected chi connectivity index (χ4v) is 5.18. The van der Waals surface area contributed by atoms with E-state index in [2.05, 4.69) is 16.0 Å². The van der Waals surface area contributed by atoms with Crippen LogP contribution in [-0.2, 0) is 49.8 Å². The Morgan fingerprint density at radius 3 is 1.88 bits per heavy atom. The van der Waals surface area contributed by atoms with Crippen LogP contribution in [0.25, 0.3) is 0 Å². The topological polar surface area (TPSA) is 146 Å². The summed E-state index contributed by atoms with van der Waals surface area (Å²) < 4.78 is 5.74. The van der Waals surface area contributed by atoms with Gasteiger partial charge in [-0.2, -0.15) is 0 Å². The minimum Gasteiger partial charge on any atom is -0.374 e. The number of hydrogen-bond donors (Lipinski definition) is 5. The van der Waals surface area contributed by atoms with Crippen LogP contribution in [-0.4, -0.2) is 53.6 Å². The number of hydrogen-bond acceptors (Lipinski definition) is 6. The van der Waals surface area contributed by atoms with Crippen LogP contribution in [0.4, 0.5) is 0 Å². The van der Waals surface area contributed by atoms with Gasteiger partial charge in [-0.05, 0) is 41.0 Å². The van der Waals surface area contributed by atoms with E-state index in [0.717, 1.165) is 22.3 Å². The highest BCUT2D eigenvalue weighted by atomic mass is 16.5. The number of carbonyl (C=O) groups excluding carboxylic acids is 4. The van der Waals surface area contributed by atoms with Crippen LogP contribution in [0.3, 0.4) is 0 Å². The number of carbonyl (C=O) groups is 4. The SMILES string of the molecule is CC(=O)N[C@@H](COCc1ccccc1)C(=O)N[C@@H](C(=O)N[C@H](Cc1ccccc1)C(=O)NO)C1Cc2ccccc2C1. The van der Waals surface area contributed by atoms with Crippen molar-refractivity contribution in [3.05, 3.63) is 107 Å². The Morgan fingerprint density at radius 2 is 1.31 bits per heavy atom. The molecule has 3 aromatic rings. The molecule has 0 saturated heterocycles. The van der Waals surface area contributed by atoms with Crippen LogP contribution in [0.2, 0.25) is 0 Å². The van der Waals surface area contributed by atoms with Gasteiger partial charge in [-0.15, -0.1) is 0 Å². The first-order valence-corrected chi connectivity index (χ1v) is 13.9. The van der Waals surface area contributed by atoms with Crippen molar-refractivity contribution in [1.82, 2.24) is 21.4 Å². The van der Waals surface area contributed by atoms with Crippen molar-refractivity contribution in [2.75, 3.05) is 6.61 Å². The van der Waals surface area contributed by atoms with Gasteiger partial charge in [0.15, 0.2) is 0 Å². The molecule has 0 unspecified atom stereocenters. The third-order valence-corrected chi connectivity index (χ3v) is 7.25. The summed E-state index contributed by atoms with van der Waals surface area (Å²) in [5.74, 6) is -2.66. The van der Waals surface area contributed by atoms with Crippen molar-refractivity contribution in [3.63, 3.8) is 0 Å². The molecule has 4 rings (SSSR count). The number of rotatable bonds is 13. The number of ether oxygens (including phenoxy) is 1. The lowest BCUT2D eigenvalue weighted by atomic mass is 9.94. The van der Waals surface area contributed by atoms with Gasteiger partial charge in [0.25, 0.3) is 5.91 Å². The first kappa shape index (κ1) is 30.4. The van der Waals surface area contributed by atoms with Gasteiger partial charge in [0, 0.05) is 13.3 Å². The molecular weight excluding hydrogens is 536 g/mol. The van der Waals surface area contributed by atoms with Crippen LogP contribution < -0.4 is 21.4 Å². The fourth-order valence-electron chi connectivity index (χ4n) is 5.18. The lowest BCUT2D eigenvalue weighted by Gasteiger charge is -2.28. The zero-order valence-corrected chi connectivity index (χ0v) is 23.4. The molecule has 0 fully saturated rings. The maximum Gasteiger partial charge on any atom is 0.266 e. The Bertz CT molecular complexity index is 1340. The number of fused-ring (bicyclic) bond motifs is 1. The van der Waals surface area contributed by atoms with Gasteiger partial charge < -0.3 is 20.7 Å². The van der Waals surface area contributed by atoms with E-state index in [4.69, 9.17) is 4.74 Å². The average molecular weight is 573 g/mol. The van der Waals surface area contributed by atoms with E-state index in [1.54, 1.807) is 5.48 Å². The van der Waals surface area contributed by atoms with E-state index in [9.17, 15) is 24.4 Å². The molecule has 0 saturated carbocycles. The molecule has 0 heterocycles. The van der Waals surface area contributed by atoms with Crippen LogP contribution in [0.5, 0.6) is 0 Å². The van der Waals surface area contributed by atoms with Gasteiger partial charge in [0.05, 0.1) is 13.2 Å². The first-order chi connectivity index (χ1) is 20.3. The molecule has 1 aliphatic carbocycles. The quantitative estimate of drug-likeness (QED) is 0.156. The Morgan fingerprint density at radius 1 is 0.738 bits per heavy atom. The summed E-state index contributed by atoms with van der Waals surface area (Å²) in [4.78, 5) is 51.8. The molecule has 0 aromatic heterocycles. The first-order valence-electron chi connectivity index (χ1n) is 13.9. The highest BCUT2D eigenvalue weighted by Crippen LogP contribution is 2.29. The molecule has 0 aliphatic heterocycles. The largest absolute Gasteiger partial charge is 0.374 e. The highest BCUT2D eigenvalue weighted by Gasteiger charge is 2.37. The second-order valence-electron chi connectivity index (χ2n) is 10.4. The van der Waals surface area contributed by atoms with E-state index < -0.39 is 41.8 Å². The molecule has 3 atom stereocenters. The third kappa shape index (κ3) is 8.48. The van der Waals surface area contributed by atoms with Crippen molar-refractivity contribution < 1.29 is 29.1 Å². The molecule has 0 spiro atoms. The van der Waals surface area contributed by atoms with Gasteiger partial charge >= 0.3 is 0 Å². The monoisotopic (exact) mass is 572 g/mol. The maximum absolute atomic E-state index is 13.8. The average Bonchev–Trinajstić information content (AvgIpc) is 3.43. The minimum atomic E-state index is -1.09. The van der Waals surface area contributed by atoms with Gasteiger partial charge in [0.1, 0.15) is 18.1 Å². The molecule has 0 bridgehead atoms. The van der Waals surface area contributed by atoms with Crippen molar-refractivity contribution >= 4 is 23.6 Å². The molecule has 3 aromatic carbocycles. The van der Waals surface area contributed by atoms with Crippen molar-refractivity contribution in [1.29, 1.82) is 0 Å². The molecule has 42 heavy (non-hydrogen) atoms. The molecule has 0 radical (unpaired) electrons. The lowest BCUT2D eigenvalue weighted by Crippen LogP contribution is -2.59. The van der Waals surface area contributed by atoms with E-state index in [0.29, 0.717) is 12.8 Å². The second-order valence-corrected chi connectivity index (χ2v) is 10.4. The van der Waals surface area contributed by atoms with E-state index in [1.165, 1.54) is 6.92 Å². The van der Waals surface area contributed by atoms with Crippen molar-refractivity contribution in [2.24, 2.45) is 5.92 Å². The van der Waals surface area contributed by atoms with Crippen LogP contribution in [0, 0.1) is 5.92 Å². The van der Waals surface area contributed by atoms with E-state index in [-0.39, 0.29) is 25.6 Å². The Kier molecular flexibility index (Phi) is 10.8. The molecular formula is C32H36N4O6. The van der Waals surface area contributed by atoms with Crippen molar-refractivity contribution in [2.45, 2.75) is 50.9 Å². The zero-order valence-electron chi connectivity index (χ0n) is 23.4. The smallest absolute Gasteiger partial charge is 0.266 e. The standard InChI is InChI=1S/C32H36N4O6/c1-21(37)33-28(20-42-19-23-12-6-3-7-13-23)30(38)35-29(26-17-24-14-8-9-15-25(24)18-26)32(40)34-27(31(39)36-41)16-22-10-4-2-5-11-22/h2-15,26-29,41H,16-20H2,1H3,(H,33,37)(H,34,40)(H,35,38)(H,36,39)/t27-,28+,29-/m1/s1. The predicted octanol–water partition coefficient (Wildman–Crippen LogP) is 1.84. The Hall–Kier alpha value is -4.54. The minimum absolute atomic E-state index is 0.108. The molecule has 220 valence electrons. The Balaban J connectivity index is 1.51. The second kappa shape index (κ2) is 14.9. The fraction of sp³-hybridized carbons (Fsp3) is 0.312. The number of amides is 4. The van der Waals surface area contributed by atoms with Crippen LogP contribution in [0.1, 0.15) is 29.2 Å². The van der Waals surface area contributed by atoms with E-state index in [1.807, 2.05) is 84.9 Å². The van der Waals surface area contributed by atoms with Crippen molar-refractivity contribution in [3.8, 4) is 0 Å². The number of benzene rings is 3. The molecule has 10 nitrogen and oxygen atoms in total. The lowest BCUT2D eigenvalue weighted by molar-refractivity contribution is -0.137. The van der Waals surface area contributed by atoms with E-state index >= 15 is 0 Å². The summed E-state index contributed by atoms with van der Waals surface area (Å²) in [6, 6.07) is 23.2. The van der Waals surface area contributed by atoms with Gasteiger partial charge in [-0.1, -0.05) is 84.9 Å². The summed E-state index contributed by atoms with van der Waals surface area (Å²) in [5.41, 5.74) is 5.47. The summed E-state index contributed by atoms with van der Waals surface area (Å²) in [5, 5.41) is 17.5. The molecule has 4 amide bonds. The summed E-state index contributed by atoms with van der Waals surface area (Å²) in [6.07, 6.45) is 1.21. The summed E-state index contributed by atoms with van der Waals surface area (Å²) in [6.45, 7) is 1.43. The predicted molar refractivity (Wildman–Crippen MR) is 155 cm³/mol. The maximum atomic E-state index is 13.8. The third-order valence-electron chi connectivity index (χ3n) is 7.25. The Labute approximate surface area is 244 Å². The van der Waals surface area contributed by atoms with Crippen LogP contribution >= 0.6 is 0 Å². The molecule has 1 aliphatic rings. The number of nitrogens with one attached hydrogen (secondary N) is 4. The number of hydroxylamine groups is 1.